The van der Waals surface area contributed by atoms with Gasteiger partial charge in [-0.05, 0) is 42.5 Å². The average molecular weight is 432 g/mol. The Hall–Kier alpha value is -3.46. The molecule has 0 aliphatic rings. The molecule has 4 aromatic rings. The molecule has 30 heavy (non-hydrogen) atoms. The van der Waals surface area contributed by atoms with Crippen molar-refractivity contribution in [2.75, 3.05) is 12.4 Å². The van der Waals surface area contributed by atoms with Crippen LogP contribution in [-0.2, 0) is 10.0 Å². The molecule has 0 spiro atoms. The molecule has 5 nitrogen and oxygen atoms in total. The van der Waals surface area contributed by atoms with Crippen molar-refractivity contribution in [3.05, 3.63) is 78.1 Å². The number of nitrogens with zero attached hydrogens (tertiary/aromatic N) is 1. The molecule has 2 N–H and O–H groups in total. The average Bonchev–Trinajstić information content (AvgIpc) is 3.10. The molecule has 9 heteroatoms. The monoisotopic (exact) mass is 432 g/mol. The maximum absolute atomic E-state index is 13.9. The molecule has 0 radical (unpaired) electrons. The number of nitrogens with one attached hydrogen (secondary N) is 1. The molecular formula is C21H15F3N2O3S. The van der Waals surface area contributed by atoms with Gasteiger partial charge in [-0.2, -0.15) is 0 Å². The van der Waals surface area contributed by atoms with Crippen molar-refractivity contribution in [3.8, 4) is 17.0 Å². The smallest absolute Gasteiger partial charge is 0.272 e. The molecule has 0 atom stereocenters. The van der Waals surface area contributed by atoms with Gasteiger partial charge in [0.25, 0.3) is 10.0 Å². The maximum Gasteiger partial charge on any atom is 0.272 e. The number of halogens is 3. The van der Waals surface area contributed by atoms with Crippen molar-refractivity contribution in [3.63, 3.8) is 0 Å². The van der Waals surface area contributed by atoms with E-state index in [1.807, 2.05) is 0 Å². The highest BCUT2D eigenvalue weighted by Gasteiger charge is 2.29. The summed E-state index contributed by atoms with van der Waals surface area (Å²) in [6.45, 7) is 0. The van der Waals surface area contributed by atoms with E-state index in [0.717, 1.165) is 10.0 Å². The number of hydrogen-bond donors (Lipinski definition) is 2. The van der Waals surface area contributed by atoms with Gasteiger partial charge < -0.3 is 10.4 Å². The van der Waals surface area contributed by atoms with Gasteiger partial charge in [-0.15, -0.1) is 0 Å². The molecular weight excluding hydrogens is 417 g/mol. The van der Waals surface area contributed by atoms with Gasteiger partial charge >= 0.3 is 0 Å². The maximum atomic E-state index is 13.9. The van der Waals surface area contributed by atoms with Gasteiger partial charge in [-0.25, -0.2) is 25.6 Å². The molecule has 0 aliphatic carbocycles. The molecule has 1 aromatic heterocycles. The molecule has 0 saturated carbocycles. The largest absolute Gasteiger partial charge is 0.504 e. The quantitative estimate of drug-likeness (QED) is 0.490. The summed E-state index contributed by atoms with van der Waals surface area (Å²) in [6, 6.07) is 12.5. The molecule has 0 unspecified atom stereocenters. The Bertz CT molecular complexity index is 1400. The van der Waals surface area contributed by atoms with E-state index in [4.69, 9.17) is 0 Å². The molecule has 0 saturated heterocycles. The second-order valence-electron chi connectivity index (χ2n) is 6.57. The lowest BCUT2D eigenvalue weighted by Crippen LogP contribution is -2.15. The predicted octanol–water partition coefficient (Wildman–Crippen LogP) is 4.71. The predicted molar refractivity (Wildman–Crippen MR) is 107 cm³/mol. The van der Waals surface area contributed by atoms with Crippen LogP contribution in [0.4, 0.5) is 18.9 Å². The Kier molecular flexibility index (Phi) is 4.70. The second-order valence-corrected chi connectivity index (χ2v) is 8.32. The molecule has 0 fully saturated rings. The van der Waals surface area contributed by atoms with Crippen LogP contribution < -0.4 is 5.32 Å². The van der Waals surface area contributed by atoms with Gasteiger partial charge in [-0.1, -0.05) is 12.1 Å². The van der Waals surface area contributed by atoms with Crippen molar-refractivity contribution in [1.29, 1.82) is 0 Å². The van der Waals surface area contributed by atoms with E-state index in [0.29, 0.717) is 23.2 Å². The van der Waals surface area contributed by atoms with Gasteiger partial charge in [0, 0.05) is 29.8 Å². The summed E-state index contributed by atoms with van der Waals surface area (Å²) in [7, 11) is -2.97. The van der Waals surface area contributed by atoms with E-state index >= 15 is 0 Å². The standard InChI is InChI=1S/C21H15F3N2O3S/c1-25-16-5-6-18-13(8-16)9-19(12-3-2-4-14(22)7-12)26(18)30(28,29)20-11-15(23)10-17(24)21(20)27/h2-11,25,27H,1H3. The zero-order chi connectivity index (χ0) is 21.6. The summed E-state index contributed by atoms with van der Waals surface area (Å²) in [6.07, 6.45) is 0. The summed E-state index contributed by atoms with van der Waals surface area (Å²) in [4.78, 5) is -0.937. The minimum absolute atomic E-state index is 0.0711. The molecule has 0 amide bonds. The zero-order valence-electron chi connectivity index (χ0n) is 15.5. The number of aromatic nitrogens is 1. The number of benzene rings is 3. The summed E-state index contributed by atoms with van der Waals surface area (Å²) in [5, 5.41) is 13.4. The zero-order valence-corrected chi connectivity index (χ0v) is 16.3. The van der Waals surface area contributed by atoms with E-state index in [2.05, 4.69) is 5.32 Å². The van der Waals surface area contributed by atoms with Gasteiger partial charge in [0.15, 0.2) is 11.6 Å². The Morgan fingerprint density at radius 1 is 0.933 bits per heavy atom. The fraction of sp³-hybridized carbons (Fsp3) is 0.0476. The number of rotatable bonds is 4. The Morgan fingerprint density at radius 2 is 1.70 bits per heavy atom. The highest BCUT2D eigenvalue weighted by Crippen LogP contribution is 2.36. The highest BCUT2D eigenvalue weighted by molar-refractivity contribution is 7.90. The first-order chi connectivity index (χ1) is 14.2. The minimum Gasteiger partial charge on any atom is -0.504 e. The topological polar surface area (TPSA) is 71.3 Å². The fourth-order valence-corrected chi connectivity index (χ4v) is 4.93. The lowest BCUT2D eigenvalue weighted by atomic mass is 10.1. The van der Waals surface area contributed by atoms with Crippen LogP contribution in [-0.4, -0.2) is 24.5 Å². The number of hydrogen-bond acceptors (Lipinski definition) is 4. The summed E-state index contributed by atoms with van der Waals surface area (Å²) in [5.41, 5.74) is 1.19. The lowest BCUT2D eigenvalue weighted by molar-refractivity contribution is 0.411. The van der Waals surface area contributed by atoms with Gasteiger partial charge in [0.05, 0.1) is 11.2 Å². The van der Waals surface area contributed by atoms with E-state index < -0.39 is 38.1 Å². The number of phenols is 1. The van der Waals surface area contributed by atoms with E-state index in [-0.39, 0.29) is 16.8 Å². The van der Waals surface area contributed by atoms with Crippen molar-refractivity contribution in [2.45, 2.75) is 4.90 Å². The van der Waals surface area contributed by atoms with Gasteiger partial charge in [-0.3, -0.25) is 0 Å². The number of aromatic hydroxyl groups is 1. The molecule has 0 aliphatic heterocycles. The Morgan fingerprint density at radius 3 is 2.40 bits per heavy atom. The van der Waals surface area contributed by atoms with Crippen LogP contribution in [0.2, 0.25) is 0 Å². The lowest BCUT2D eigenvalue weighted by Gasteiger charge is -2.14. The van der Waals surface area contributed by atoms with E-state index in [9.17, 15) is 26.7 Å². The van der Waals surface area contributed by atoms with E-state index in [1.165, 1.54) is 30.3 Å². The molecule has 1 heterocycles. The van der Waals surface area contributed by atoms with Crippen LogP contribution in [0.5, 0.6) is 5.75 Å². The first-order valence-corrected chi connectivity index (χ1v) is 10.2. The third kappa shape index (κ3) is 3.17. The summed E-state index contributed by atoms with van der Waals surface area (Å²) in [5.74, 6) is -4.35. The highest BCUT2D eigenvalue weighted by atomic mass is 32.2. The molecule has 4 rings (SSSR count). The van der Waals surface area contributed by atoms with Crippen molar-refractivity contribution in [1.82, 2.24) is 3.97 Å². The van der Waals surface area contributed by atoms with Crippen molar-refractivity contribution < 1.29 is 26.7 Å². The molecule has 0 bridgehead atoms. The van der Waals surface area contributed by atoms with Crippen LogP contribution in [0, 0.1) is 17.5 Å². The minimum atomic E-state index is -4.67. The summed E-state index contributed by atoms with van der Waals surface area (Å²) < 4.78 is 69.2. The first kappa shape index (κ1) is 19.8. The van der Waals surface area contributed by atoms with Gasteiger partial charge in [0.1, 0.15) is 16.5 Å². The Labute approximate surface area is 170 Å². The van der Waals surface area contributed by atoms with Crippen molar-refractivity contribution >= 4 is 26.6 Å². The van der Waals surface area contributed by atoms with Crippen LogP contribution in [0.15, 0.2) is 65.6 Å². The van der Waals surface area contributed by atoms with Gasteiger partial charge in [0.2, 0.25) is 0 Å². The van der Waals surface area contributed by atoms with E-state index in [1.54, 1.807) is 19.2 Å². The number of phenolic OH excluding ortho intramolecular Hbond substituents is 1. The fourth-order valence-electron chi connectivity index (χ4n) is 3.29. The Balaban J connectivity index is 2.10. The molecule has 154 valence electrons. The second kappa shape index (κ2) is 7.10. The number of fused-ring (bicyclic) bond motifs is 1. The van der Waals surface area contributed by atoms with Crippen LogP contribution in [0.1, 0.15) is 0 Å². The normalized spacial score (nSPS) is 11.7. The van der Waals surface area contributed by atoms with Crippen LogP contribution >= 0.6 is 0 Å². The third-order valence-corrected chi connectivity index (χ3v) is 6.42. The first-order valence-electron chi connectivity index (χ1n) is 8.75. The number of anilines is 1. The summed E-state index contributed by atoms with van der Waals surface area (Å²) >= 11 is 0. The SMILES string of the molecule is CNc1ccc2c(c1)cc(-c1cccc(F)c1)n2S(=O)(=O)c1cc(F)cc(F)c1O. The molecule has 3 aromatic carbocycles. The van der Waals surface area contributed by atoms with Crippen LogP contribution in [0.25, 0.3) is 22.2 Å². The third-order valence-electron chi connectivity index (χ3n) is 4.68. The van der Waals surface area contributed by atoms with Crippen molar-refractivity contribution in [2.24, 2.45) is 0 Å². The van der Waals surface area contributed by atoms with Crippen LogP contribution in [0.3, 0.4) is 0 Å².